The highest BCUT2D eigenvalue weighted by molar-refractivity contribution is 7.99. The van der Waals surface area contributed by atoms with Crippen molar-refractivity contribution in [2.24, 2.45) is 5.92 Å². The van der Waals surface area contributed by atoms with E-state index in [2.05, 4.69) is 16.0 Å². The van der Waals surface area contributed by atoms with Crippen LogP contribution in [0.15, 0.2) is 24.3 Å². The third kappa shape index (κ3) is 7.67. The minimum Gasteiger partial charge on any atom is -0.352 e. The van der Waals surface area contributed by atoms with E-state index in [1.54, 1.807) is 0 Å². The summed E-state index contributed by atoms with van der Waals surface area (Å²) in [7, 11) is 0. The van der Waals surface area contributed by atoms with E-state index in [1.807, 2.05) is 49.9 Å². The van der Waals surface area contributed by atoms with Crippen molar-refractivity contribution in [1.29, 1.82) is 0 Å². The van der Waals surface area contributed by atoms with Crippen LogP contribution in [-0.4, -0.2) is 35.9 Å². The monoisotopic (exact) mass is 385 g/mol. The number of carbonyl (C=O) groups is 2. The standard InChI is InChI=1S/C18H27N3O2S.ClH/c1-3-13(2)18(23)21-15-6-4-5-14(9-15)11-20-17(22)10-16-12-24-8-7-19-16;/h4-6,9,13,16,19H,3,7-8,10-12H2,1-2H3,(H,20,22)(H,21,23);1H. The van der Waals surface area contributed by atoms with Gasteiger partial charge in [-0.05, 0) is 24.1 Å². The second kappa shape index (κ2) is 11.4. The Balaban J connectivity index is 0.00000312. The molecule has 1 aliphatic heterocycles. The van der Waals surface area contributed by atoms with Gasteiger partial charge in [0.2, 0.25) is 11.8 Å². The molecule has 1 aromatic rings. The lowest BCUT2D eigenvalue weighted by atomic mass is 10.1. The van der Waals surface area contributed by atoms with E-state index >= 15 is 0 Å². The summed E-state index contributed by atoms with van der Waals surface area (Å²) >= 11 is 1.89. The minimum absolute atomic E-state index is 0. The number of anilines is 1. The molecule has 0 aromatic heterocycles. The zero-order chi connectivity index (χ0) is 17.4. The van der Waals surface area contributed by atoms with E-state index in [0.717, 1.165) is 35.7 Å². The molecular weight excluding hydrogens is 358 g/mol. The van der Waals surface area contributed by atoms with Gasteiger partial charge in [0.05, 0.1) is 0 Å². The van der Waals surface area contributed by atoms with Crippen LogP contribution in [0.1, 0.15) is 32.3 Å². The van der Waals surface area contributed by atoms with Gasteiger partial charge in [0.1, 0.15) is 0 Å². The zero-order valence-corrected chi connectivity index (χ0v) is 16.5. The molecule has 0 radical (unpaired) electrons. The maximum atomic E-state index is 12.0. The lowest BCUT2D eigenvalue weighted by Crippen LogP contribution is -2.41. The number of hydrogen-bond donors (Lipinski definition) is 3. The predicted molar refractivity (Wildman–Crippen MR) is 107 cm³/mol. The number of hydrogen-bond acceptors (Lipinski definition) is 4. The molecule has 1 heterocycles. The molecule has 0 aliphatic carbocycles. The van der Waals surface area contributed by atoms with E-state index in [4.69, 9.17) is 0 Å². The summed E-state index contributed by atoms with van der Waals surface area (Å²) in [6, 6.07) is 7.90. The third-order valence-electron chi connectivity index (χ3n) is 4.17. The van der Waals surface area contributed by atoms with E-state index in [0.29, 0.717) is 13.0 Å². The summed E-state index contributed by atoms with van der Waals surface area (Å²) < 4.78 is 0. The number of nitrogens with one attached hydrogen (secondary N) is 3. The van der Waals surface area contributed by atoms with Crippen LogP contribution in [-0.2, 0) is 16.1 Å². The van der Waals surface area contributed by atoms with Crippen molar-refractivity contribution in [2.75, 3.05) is 23.4 Å². The number of thioether (sulfide) groups is 1. The first kappa shape index (κ1) is 21.8. The minimum atomic E-state index is -0.00535. The van der Waals surface area contributed by atoms with Crippen molar-refractivity contribution in [3.05, 3.63) is 29.8 Å². The van der Waals surface area contributed by atoms with Crippen molar-refractivity contribution in [2.45, 2.75) is 39.3 Å². The molecule has 0 spiro atoms. The predicted octanol–water partition coefficient (Wildman–Crippen LogP) is 2.80. The van der Waals surface area contributed by atoms with E-state index in [1.165, 1.54) is 0 Å². The van der Waals surface area contributed by atoms with Crippen LogP contribution in [0.4, 0.5) is 5.69 Å². The van der Waals surface area contributed by atoms with Gasteiger partial charge in [-0.1, -0.05) is 26.0 Å². The van der Waals surface area contributed by atoms with E-state index in [-0.39, 0.29) is 36.2 Å². The lowest BCUT2D eigenvalue weighted by molar-refractivity contribution is -0.121. The summed E-state index contributed by atoms with van der Waals surface area (Å²) in [5.74, 6) is 2.19. The second-order valence-corrected chi connectivity index (χ2v) is 7.36. The van der Waals surface area contributed by atoms with E-state index in [9.17, 15) is 9.59 Å². The van der Waals surface area contributed by atoms with Crippen molar-refractivity contribution in [1.82, 2.24) is 10.6 Å². The molecule has 2 atom stereocenters. The average Bonchev–Trinajstić information content (AvgIpc) is 2.60. The van der Waals surface area contributed by atoms with Crippen molar-refractivity contribution >= 4 is 41.7 Å². The van der Waals surface area contributed by atoms with Crippen LogP contribution >= 0.6 is 24.2 Å². The summed E-state index contributed by atoms with van der Waals surface area (Å²) in [4.78, 5) is 24.0. The van der Waals surface area contributed by atoms with Crippen LogP contribution in [0.3, 0.4) is 0 Å². The molecular formula is C18H28ClN3O2S. The molecule has 1 saturated heterocycles. The normalized spacial score (nSPS) is 17.9. The Labute approximate surface area is 160 Å². The van der Waals surface area contributed by atoms with Gasteiger partial charge in [0.25, 0.3) is 0 Å². The quantitative estimate of drug-likeness (QED) is 0.675. The first-order valence-electron chi connectivity index (χ1n) is 8.56. The summed E-state index contributed by atoms with van der Waals surface area (Å²) in [6.45, 7) is 5.36. The molecule has 1 aliphatic rings. The Morgan fingerprint density at radius 3 is 2.88 bits per heavy atom. The van der Waals surface area contributed by atoms with E-state index < -0.39 is 0 Å². The Kier molecular flexibility index (Phi) is 9.93. The van der Waals surface area contributed by atoms with Crippen molar-refractivity contribution < 1.29 is 9.59 Å². The fourth-order valence-corrected chi connectivity index (χ4v) is 3.41. The number of benzene rings is 1. The highest BCUT2D eigenvalue weighted by atomic mass is 35.5. The molecule has 3 N–H and O–H groups in total. The molecule has 0 bridgehead atoms. The molecule has 1 aromatic carbocycles. The van der Waals surface area contributed by atoms with Gasteiger partial charge in [-0.25, -0.2) is 0 Å². The van der Waals surface area contributed by atoms with Gasteiger partial charge in [-0.15, -0.1) is 12.4 Å². The number of halogens is 1. The average molecular weight is 386 g/mol. The molecule has 2 amide bonds. The van der Waals surface area contributed by atoms with Gasteiger partial charge in [-0.2, -0.15) is 11.8 Å². The molecule has 7 heteroatoms. The largest absolute Gasteiger partial charge is 0.352 e. The highest BCUT2D eigenvalue weighted by Gasteiger charge is 2.16. The smallest absolute Gasteiger partial charge is 0.227 e. The van der Waals surface area contributed by atoms with Gasteiger partial charge in [0, 0.05) is 48.7 Å². The van der Waals surface area contributed by atoms with Gasteiger partial charge < -0.3 is 16.0 Å². The Hall–Kier alpha value is -1.24. The fourth-order valence-electron chi connectivity index (χ4n) is 2.46. The van der Waals surface area contributed by atoms with Crippen LogP contribution < -0.4 is 16.0 Å². The van der Waals surface area contributed by atoms with Gasteiger partial charge in [0.15, 0.2) is 0 Å². The summed E-state index contributed by atoms with van der Waals surface area (Å²) in [6.07, 6.45) is 1.33. The van der Waals surface area contributed by atoms with Crippen LogP contribution in [0, 0.1) is 5.92 Å². The molecule has 2 rings (SSSR count). The number of carbonyl (C=O) groups excluding carboxylic acids is 2. The third-order valence-corrected chi connectivity index (χ3v) is 5.31. The topological polar surface area (TPSA) is 70.2 Å². The van der Waals surface area contributed by atoms with Crippen molar-refractivity contribution in [3.8, 4) is 0 Å². The second-order valence-electron chi connectivity index (χ2n) is 6.21. The first-order chi connectivity index (χ1) is 11.6. The SMILES string of the molecule is CCC(C)C(=O)Nc1cccc(CNC(=O)CC2CSCCN2)c1.Cl. The zero-order valence-electron chi connectivity index (χ0n) is 14.8. The Bertz CT molecular complexity index is 565. The summed E-state index contributed by atoms with van der Waals surface area (Å²) in [5.41, 5.74) is 1.76. The summed E-state index contributed by atoms with van der Waals surface area (Å²) in [5, 5.41) is 9.25. The molecule has 140 valence electrons. The van der Waals surface area contributed by atoms with Crippen LogP contribution in [0.25, 0.3) is 0 Å². The fraction of sp³-hybridized carbons (Fsp3) is 0.556. The number of rotatable bonds is 7. The number of amides is 2. The molecule has 5 nitrogen and oxygen atoms in total. The Morgan fingerprint density at radius 1 is 1.40 bits per heavy atom. The van der Waals surface area contributed by atoms with Crippen LogP contribution in [0.2, 0.25) is 0 Å². The van der Waals surface area contributed by atoms with Crippen LogP contribution in [0.5, 0.6) is 0 Å². The van der Waals surface area contributed by atoms with Gasteiger partial charge in [-0.3, -0.25) is 9.59 Å². The Morgan fingerprint density at radius 2 is 2.20 bits per heavy atom. The molecule has 1 fully saturated rings. The molecule has 0 saturated carbocycles. The van der Waals surface area contributed by atoms with Gasteiger partial charge >= 0.3 is 0 Å². The maximum Gasteiger partial charge on any atom is 0.227 e. The highest BCUT2D eigenvalue weighted by Crippen LogP contribution is 2.14. The molecule has 25 heavy (non-hydrogen) atoms. The first-order valence-corrected chi connectivity index (χ1v) is 9.71. The maximum absolute atomic E-state index is 12.0. The lowest BCUT2D eigenvalue weighted by Gasteiger charge is -2.22. The van der Waals surface area contributed by atoms with Crippen molar-refractivity contribution in [3.63, 3.8) is 0 Å². The molecule has 2 unspecified atom stereocenters.